The van der Waals surface area contributed by atoms with Gasteiger partial charge in [-0.25, -0.2) is 9.67 Å². The van der Waals surface area contributed by atoms with E-state index < -0.39 is 0 Å². The van der Waals surface area contributed by atoms with Crippen molar-refractivity contribution in [1.29, 1.82) is 0 Å². The molecule has 1 saturated carbocycles. The van der Waals surface area contributed by atoms with Crippen molar-refractivity contribution >= 4 is 28.4 Å². The van der Waals surface area contributed by atoms with E-state index in [1.54, 1.807) is 16.9 Å². The Balaban J connectivity index is 1.70. The van der Waals surface area contributed by atoms with Gasteiger partial charge in [-0.2, -0.15) is 5.10 Å². The van der Waals surface area contributed by atoms with Gasteiger partial charge in [-0.1, -0.05) is 41.4 Å². The third kappa shape index (κ3) is 2.81. The maximum absolute atomic E-state index is 13.5. The third-order valence-corrected chi connectivity index (χ3v) is 5.54. The molecule has 2 aromatic carbocycles. The van der Waals surface area contributed by atoms with E-state index in [1.165, 1.54) is 0 Å². The minimum absolute atomic E-state index is 0.142. The summed E-state index contributed by atoms with van der Waals surface area (Å²) in [5.41, 5.74) is 4.68. The Bertz CT molecular complexity index is 1210. The molecule has 28 heavy (non-hydrogen) atoms. The van der Waals surface area contributed by atoms with Gasteiger partial charge in [0.2, 0.25) is 5.78 Å². The van der Waals surface area contributed by atoms with Gasteiger partial charge in [-0.3, -0.25) is 4.79 Å². The first-order chi connectivity index (χ1) is 13.6. The second kappa shape index (κ2) is 6.57. The minimum Gasteiger partial charge on any atom is -0.287 e. The number of fused-ring (bicyclic) bond motifs is 1. The zero-order valence-corrected chi connectivity index (χ0v) is 16.1. The molecule has 0 amide bonds. The highest BCUT2D eigenvalue weighted by atomic mass is 35.5. The Kier molecular flexibility index (Phi) is 4.02. The molecule has 1 aliphatic rings. The summed E-state index contributed by atoms with van der Waals surface area (Å²) in [7, 11) is 0. The number of hydrogen-bond donors (Lipinski definition) is 0. The number of rotatable bonds is 4. The summed E-state index contributed by atoms with van der Waals surface area (Å²) in [6.07, 6.45) is 3.91. The van der Waals surface area contributed by atoms with Gasteiger partial charge in [0.05, 0.1) is 16.1 Å². The predicted octanol–water partition coefficient (Wildman–Crippen LogP) is 5.49. The molecular formula is C23H18ClN3O. The van der Waals surface area contributed by atoms with Gasteiger partial charge in [-0.15, -0.1) is 0 Å². The van der Waals surface area contributed by atoms with E-state index in [0.717, 1.165) is 35.0 Å². The summed E-state index contributed by atoms with van der Waals surface area (Å²) in [6.45, 7) is 2.04. The average Bonchev–Trinajstić information content (AvgIpc) is 3.48. The number of aromatic nitrogens is 3. The summed E-state index contributed by atoms with van der Waals surface area (Å²) in [5.74, 6) is 0.276. The van der Waals surface area contributed by atoms with Gasteiger partial charge < -0.3 is 0 Å². The molecular weight excluding hydrogens is 370 g/mol. The lowest BCUT2D eigenvalue weighted by Gasteiger charge is -2.08. The molecule has 0 N–H and O–H groups in total. The lowest BCUT2D eigenvalue weighted by atomic mass is 9.97. The molecule has 0 atom stereocenters. The SMILES string of the molecule is Cc1ccc(-n2nc(C(=O)c3c(Cl)cccc3C3CC3)c3cccnc32)cc1. The van der Waals surface area contributed by atoms with Crippen molar-refractivity contribution in [2.45, 2.75) is 25.7 Å². The molecule has 0 aliphatic heterocycles. The van der Waals surface area contributed by atoms with Crippen LogP contribution < -0.4 is 0 Å². The molecule has 1 aliphatic carbocycles. The van der Waals surface area contributed by atoms with Crippen molar-refractivity contribution in [3.8, 4) is 5.69 Å². The van der Waals surface area contributed by atoms with Crippen LogP contribution in [0.15, 0.2) is 60.8 Å². The van der Waals surface area contributed by atoms with Crippen molar-refractivity contribution in [2.24, 2.45) is 0 Å². The van der Waals surface area contributed by atoms with Crippen LogP contribution in [0.5, 0.6) is 0 Å². The van der Waals surface area contributed by atoms with Crippen molar-refractivity contribution in [3.63, 3.8) is 0 Å². The summed E-state index contributed by atoms with van der Waals surface area (Å²) in [6, 6.07) is 17.4. The van der Waals surface area contributed by atoms with Crippen LogP contribution in [-0.4, -0.2) is 20.5 Å². The maximum Gasteiger partial charge on any atom is 0.215 e. The number of hydrogen-bond acceptors (Lipinski definition) is 3. The molecule has 2 heterocycles. The topological polar surface area (TPSA) is 47.8 Å². The fourth-order valence-electron chi connectivity index (χ4n) is 3.62. The smallest absolute Gasteiger partial charge is 0.215 e. The molecule has 2 aromatic heterocycles. The van der Waals surface area contributed by atoms with Gasteiger partial charge >= 0.3 is 0 Å². The van der Waals surface area contributed by atoms with Crippen LogP contribution >= 0.6 is 11.6 Å². The Morgan fingerprint density at radius 3 is 2.61 bits per heavy atom. The van der Waals surface area contributed by atoms with Gasteiger partial charge in [0, 0.05) is 11.8 Å². The monoisotopic (exact) mass is 387 g/mol. The van der Waals surface area contributed by atoms with Gasteiger partial charge in [-0.05, 0) is 61.6 Å². The average molecular weight is 388 g/mol. The second-order valence-electron chi connectivity index (χ2n) is 7.28. The largest absolute Gasteiger partial charge is 0.287 e. The van der Waals surface area contributed by atoms with E-state index in [4.69, 9.17) is 11.6 Å². The standard InChI is InChI=1S/C23H18ClN3O/c1-14-7-11-16(12-8-14)27-23-18(5-3-13-25-23)21(26-27)22(28)20-17(15-9-10-15)4-2-6-19(20)24/h2-8,11-13,15H,9-10H2,1H3. The Morgan fingerprint density at radius 2 is 1.86 bits per heavy atom. The molecule has 138 valence electrons. The van der Waals surface area contributed by atoms with Gasteiger partial charge in [0.15, 0.2) is 5.65 Å². The first kappa shape index (κ1) is 17.1. The lowest BCUT2D eigenvalue weighted by Crippen LogP contribution is -2.08. The second-order valence-corrected chi connectivity index (χ2v) is 7.69. The van der Waals surface area contributed by atoms with Crippen LogP contribution in [0.1, 0.15) is 45.9 Å². The van der Waals surface area contributed by atoms with E-state index in [1.807, 2.05) is 55.5 Å². The maximum atomic E-state index is 13.5. The van der Waals surface area contributed by atoms with E-state index in [-0.39, 0.29) is 5.78 Å². The summed E-state index contributed by atoms with van der Waals surface area (Å²) in [4.78, 5) is 18.0. The highest BCUT2D eigenvalue weighted by molar-refractivity contribution is 6.35. The number of nitrogens with zero attached hydrogens (tertiary/aromatic N) is 3. The third-order valence-electron chi connectivity index (χ3n) is 5.23. The number of pyridine rings is 1. The van der Waals surface area contributed by atoms with Crippen LogP contribution in [0.3, 0.4) is 0 Å². The number of ketones is 1. The molecule has 4 aromatic rings. The molecule has 0 saturated heterocycles. The van der Waals surface area contributed by atoms with Gasteiger partial charge in [0.1, 0.15) is 5.69 Å². The highest BCUT2D eigenvalue weighted by Gasteiger charge is 2.31. The predicted molar refractivity (Wildman–Crippen MR) is 110 cm³/mol. The molecule has 0 bridgehead atoms. The van der Waals surface area contributed by atoms with Crippen molar-refractivity contribution in [1.82, 2.24) is 14.8 Å². The number of carbonyl (C=O) groups excluding carboxylic acids is 1. The Labute approximate surface area is 167 Å². The number of halogens is 1. The molecule has 0 unspecified atom stereocenters. The summed E-state index contributed by atoms with van der Waals surface area (Å²) < 4.78 is 1.73. The first-order valence-electron chi connectivity index (χ1n) is 9.37. The molecule has 4 nitrogen and oxygen atoms in total. The fraction of sp³-hybridized carbons (Fsp3) is 0.174. The van der Waals surface area contributed by atoms with Crippen LogP contribution in [0.2, 0.25) is 5.02 Å². The van der Waals surface area contributed by atoms with Gasteiger partial charge in [0.25, 0.3) is 0 Å². The minimum atomic E-state index is -0.142. The van der Waals surface area contributed by atoms with Crippen LogP contribution in [0.25, 0.3) is 16.7 Å². The lowest BCUT2D eigenvalue weighted by molar-refractivity contribution is 0.103. The van der Waals surface area contributed by atoms with Crippen molar-refractivity contribution < 1.29 is 4.79 Å². The van der Waals surface area contributed by atoms with Crippen LogP contribution in [0, 0.1) is 6.92 Å². The molecule has 0 spiro atoms. The number of carbonyl (C=O) groups is 1. The first-order valence-corrected chi connectivity index (χ1v) is 9.75. The van der Waals surface area contributed by atoms with Crippen molar-refractivity contribution in [2.75, 3.05) is 0 Å². The van der Waals surface area contributed by atoms with E-state index in [9.17, 15) is 4.79 Å². The normalized spacial score (nSPS) is 13.8. The zero-order chi connectivity index (χ0) is 19.3. The summed E-state index contributed by atoms with van der Waals surface area (Å²) in [5, 5.41) is 5.89. The highest BCUT2D eigenvalue weighted by Crippen LogP contribution is 2.43. The van der Waals surface area contributed by atoms with E-state index in [2.05, 4.69) is 10.1 Å². The number of benzene rings is 2. The fourth-order valence-corrected chi connectivity index (χ4v) is 3.89. The van der Waals surface area contributed by atoms with E-state index >= 15 is 0 Å². The van der Waals surface area contributed by atoms with Crippen LogP contribution in [-0.2, 0) is 0 Å². The quantitative estimate of drug-likeness (QED) is 0.435. The molecule has 1 fully saturated rings. The number of aryl methyl sites for hydroxylation is 1. The van der Waals surface area contributed by atoms with E-state index in [0.29, 0.717) is 27.8 Å². The molecule has 5 rings (SSSR count). The molecule has 5 heteroatoms. The summed E-state index contributed by atoms with van der Waals surface area (Å²) >= 11 is 6.47. The Morgan fingerprint density at radius 1 is 1.07 bits per heavy atom. The zero-order valence-electron chi connectivity index (χ0n) is 15.4. The Hall–Kier alpha value is -2.98. The van der Waals surface area contributed by atoms with Crippen LogP contribution in [0.4, 0.5) is 0 Å². The molecule has 0 radical (unpaired) electrons. The van der Waals surface area contributed by atoms with Crippen molar-refractivity contribution in [3.05, 3.63) is 88.2 Å².